The van der Waals surface area contributed by atoms with Crippen molar-refractivity contribution in [3.63, 3.8) is 0 Å². The highest BCUT2D eigenvalue weighted by Gasteiger charge is 2.26. The second kappa shape index (κ2) is 10.5. The number of amides is 1. The van der Waals surface area contributed by atoms with Gasteiger partial charge in [-0.3, -0.25) is 0 Å². The summed E-state index contributed by atoms with van der Waals surface area (Å²) in [6, 6.07) is 6.24. The molecule has 1 aromatic carbocycles. The van der Waals surface area contributed by atoms with Crippen molar-refractivity contribution in [3.05, 3.63) is 28.2 Å². The van der Waals surface area contributed by atoms with Gasteiger partial charge in [-0.25, -0.2) is 4.79 Å². The first kappa shape index (κ1) is 21.4. The van der Waals surface area contributed by atoms with E-state index in [1.54, 1.807) is 7.11 Å². The Bertz CT molecular complexity index is 655. The molecule has 2 saturated heterocycles. The van der Waals surface area contributed by atoms with Gasteiger partial charge in [0.2, 0.25) is 0 Å². The molecule has 156 valence electrons. The van der Waals surface area contributed by atoms with Crippen LogP contribution >= 0.6 is 15.9 Å². The molecule has 2 aliphatic heterocycles. The summed E-state index contributed by atoms with van der Waals surface area (Å²) in [5.74, 6) is 2.27. The Labute approximate surface area is 177 Å². The van der Waals surface area contributed by atoms with Gasteiger partial charge in [-0.1, -0.05) is 15.9 Å². The van der Waals surface area contributed by atoms with E-state index < -0.39 is 0 Å². The van der Waals surface area contributed by atoms with Gasteiger partial charge >= 0.3 is 6.09 Å². The quantitative estimate of drug-likeness (QED) is 0.606. The Morgan fingerprint density at radius 2 is 2.04 bits per heavy atom. The summed E-state index contributed by atoms with van der Waals surface area (Å²) in [5, 5.41) is 0. The minimum absolute atomic E-state index is 0.171. The summed E-state index contributed by atoms with van der Waals surface area (Å²) in [6.07, 6.45) is 6.95. The van der Waals surface area contributed by atoms with E-state index in [9.17, 15) is 4.79 Å². The molecule has 0 bridgehead atoms. The monoisotopic (exact) mass is 452 g/mol. The number of carbonyl (C=O) groups is 1. The number of hydrogen-bond acceptors (Lipinski definition) is 4. The van der Waals surface area contributed by atoms with E-state index in [1.165, 1.54) is 62.5 Å². The SMILES string of the molecule is COC(=O)N1CCCC(CCCN2CCC(Cc3cc(OC)ccc3Br)C2)C1. The predicted molar refractivity (Wildman–Crippen MR) is 115 cm³/mol. The predicted octanol–water partition coefficient (Wildman–Crippen LogP) is 4.58. The number of piperidine rings is 1. The number of hydrogen-bond donors (Lipinski definition) is 0. The van der Waals surface area contributed by atoms with Crippen LogP contribution in [0.2, 0.25) is 0 Å². The third-order valence-electron chi connectivity index (χ3n) is 6.17. The third-order valence-corrected chi connectivity index (χ3v) is 6.94. The van der Waals surface area contributed by atoms with Crippen molar-refractivity contribution in [1.29, 1.82) is 0 Å². The lowest BCUT2D eigenvalue weighted by Gasteiger charge is -2.32. The van der Waals surface area contributed by atoms with Crippen LogP contribution in [0.4, 0.5) is 4.79 Å². The van der Waals surface area contributed by atoms with E-state index in [0.717, 1.165) is 31.7 Å². The third kappa shape index (κ3) is 5.86. The molecule has 0 N–H and O–H groups in total. The van der Waals surface area contributed by atoms with Gasteiger partial charge in [0.1, 0.15) is 5.75 Å². The van der Waals surface area contributed by atoms with Crippen LogP contribution in [0.3, 0.4) is 0 Å². The second-order valence-corrected chi connectivity index (χ2v) is 9.04. The maximum Gasteiger partial charge on any atom is 0.409 e. The number of carbonyl (C=O) groups excluding carboxylic acids is 1. The molecule has 0 aromatic heterocycles. The Hall–Kier alpha value is -1.27. The normalized spacial score (nSPS) is 23.0. The van der Waals surface area contributed by atoms with E-state index in [0.29, 0.717) is 11.8 Å². The van der Waals surface area contributed by atoms with E-state index in [4.69, 9.17) is 9.47 Å². The molecule has 2 aliphatic rings. The van der Waals surface area contributed by atoms with Crippen molar-refractivity contribution in [3.8, 4) is 5.75 Å². The van der Waals surface area contributed by atoms with Gasteiger partial charge in [0, 0.05) is 24.1 Å². The Balaban J connectivity index is 1.39. The number of likely N-dealkylation sites (tertiary alicyclic amines) is 2. The number of rotatable bonds is 7. The summed E-state index contributed by atoms with van der Waals surface area (Å²) >= 11 is 3.68. The Morgan fingerprint density at radius 3 is 2.82 bits per heavy atom. The molecule has 0 radical (unpaired) electrons. The molecule has 2 heterocycles. The second-order valence-electron chi connectivity index (χ2n) is 8.18. The van der Waals surface area contributed by atoms with E-state index in [-0.39, 0.29) is 6.09 Å². The van der Waals surface area contributed by atoms with Crippen LogP contribution in [0.5, 0.6) is 5.75 Å². The highest BCUT2D eigenvalue weighted by molar-refractivity contribution is 9.10. The largest absolute Gasteiger partial charge is 0.497 e. The molecule has 2 fully saturated rings. The first-order chi connectivity index (χ1) is 13.6. The molecular formula is C22H33BrN2O3. The molecule has 2 unspecified atom stereocenters. The number of ether oxygens (including phenoxy) is 2. The Morgan fingerprint density at radius 1 is 1.18 bits per heavy atom. The van der Waals surface area contributed by atoms with Gasteiger partial charge in [-0.05, 0) is 87.2 Å². The minimum atomic E-state index is -0.171. The van der Waals surface area contributed by atoms with Crippen molar-refractivity contribution in [2.45, 2.75) is 38.5 Å². The van der Waals surface area contributed by atoms with Crippen molar-refractivity contribution in [2.75, 3.05) is 46.9 Å². The molecular weight excluding hydrogens is 420 g/mol. The first-order valence-electron chi connectivity index (χ1n) is 10.5. The molecule has 3 rings (SSSR count). The van der Waals surface area contributed by atoms with Crippen LogP contribution in [-0.4, -0.2) is 62.8 Å². The topological polar surface area (TPSA) is 42.0 Å². The number of methoxy groups -OCH3 is 2. The van der Waals surface area contributed by atoms with Gasteiger partial charge < -0.3 is 19.3 Å². The zero-order chi connectivity index (χ0) is 19.9. The number of nitrogens with zero attached hydrogens (tertiary/aromatic N) is 2. The summed E-state index contributed by atoms with van der Waals surface area (Å²) in [4.78, 5) is 16.2. The van der Waals surface area contributed by atoms with Crippen LogP contribution in [0.25, 0.3) is 0 Å². The maximum absolute atomic E-state index is 11.7. The van der Waals surface area contributed by atoms with Crippen LogP contribution in [0.15, 0.2) is 22.7 Å². The lowest BCUT2D eigenvalue weighted by molar-refractivity contribution is 0.0995. The minimum Gasteiger partial charge on any atom is -0.497 e. The maximum atomic E-state index is 11.7. The molecule has 1 amide bonds. The molecule has 1 aromatic rings. The molecule has 0 spiro atoms. The van der Waals surface area contributed by atoms with Gasteiger partial charge in [0.15, 0.2) is 0 Å². The fraction of sp³-hybridized carbons (Fsp3) is 0.682. The highest BCUT2D eigenvalue weighted by atomic mass is 79.9. The lowest BCUT2D eigenvalue weighted by atomic mass is 9.93. The van der Waals surface area contributed by atoms with Crippen LogP contribution < -0.4 is 4.74 Å². The van der Waals surface area contributed by atoms with Crippen molar-refractivity contribution in [1.82, 2.24) is 9.80 Å². The summed E-state index contributed by atoms with van der Waals surface area (Å²) in [7, 11) is 3.20. The molecule has 0 aliphatic carbocycles. The average Bonchev–Trinajstić information content (AvgIpc) is 3.16. The molecule has 5 nitrogen and oxygen atoms in total. The molecule has 6 heteroatoms. The summed E-state index contributed by atoms with van der Waals surface area (Å²) in [5.41, 5.74) is 1.34. The van der Waals surface area contributed by atoms with E-state index in [2.05, 4.69) is 33.0 Å². The molecule has 0 saturated carbocycles. The zero-order valence-corrected chi connectivity index (χ0v) is 18.7. The van der Waals surface area contributed by atoms with Gasteiger partial charge in [-0.2, -0.15) is 0 Å². The fourth-order valence-corrected chi connectivity index (χ4v) is 5.04. The highest BCUT2D eigenvalue weighted by Crippen LogP contribution is 2.29. The van der Waals surface area contributed by atoms with Crippen molar-refractivity contribution >= 4 is 22.0 Å². The Kier molecular flexibility index (Phi) is 8.03. The van der Waals surface area contributed by atoms with Crippen LogP contribution in [0, 0.1) is 11.8 Å². The number of halogens is 1. The van der Waals surface area contributed by atoms with Crippen molar-refractivity contribution < 1.29 is 14.3 Å². The van der Waals surface area contributed by atoms with Crippen LogP contribution in [0.1, 0.15) is 37.7 Å². The number of benzene rings is 1. The smallest absolute Gasteiger partial charge is 0.409 e. The summed E-state index contributed by atoms with van der Waals surface area (Å²) in [6.45, 7) is 5.26. The lowest BCUT2D eigenvalue weighted by Crippen LogP contribution is -2.40. The zero-order valence-electron chi connectivity index (χ0n) is 17.2. The van der Waals surface area contributed by atoms with Gasteiger partial charge in [0.25, 0.3) is 0 Å². The van der Waals surface area contributed by atoms with Crippen molar-refractivity contribution in [2.24, 2.45) is 11.8 Å². The van der Waals surface area contributed by atoms with Crippen LogP contribution in [-0.2, 0) is 11.2 Å². The summed E-state index contributed by atoms with van der Waals surface area (Å²) < 4.78 is 11.4. The standard InChI is InChI=1S/C22H33BrN2O3/c1-27-20-7-8-21(23)19(14-20)13-18-9-12-24(15-18)10-3-5-17-6-4-11-25(16-17)22(26)28-2/h7-8,14,17-18H,3-6,9-13,15-16H2,1-2H3. The van der Waals surface area contributed by atoms with E-state index in [1.807, 2.05) is 11.0 Å². The molecule has 28 heavy (non-hydrogen) atoms. The molecule has 2 atom stereocenters. The average molecular weight is 453 g/mol. The van der Waals surface area contributed by atoms with Gasteiger partial charge in [0.05, 0.1) is 14.2 Å². The fourth-order valence-electron chi connectivity index (χ4n) is 4.63. The van der Waals surface area contributed by atoms with E-state index >= 15 is 0 Å². The first-order valence-corrected chi connectivity index (χ1v) is 11.3. The van der Waals surface area contributed by atoms with Gasteiger partial charge in [-0.15, -0.1) is 0 Å².